The van der Waals surface area contributed by atoms with Crippen molar-refractivity contribution in [1.29, 1.82) is 0 Å². The summed E-state index contributed by atoms with van der Waals surface area (Å²) in [7, 11) is 1.82. The Morgan fingerprint density at radius 3 is 2.81 bits per heavy atom. The van der Waals surface area contributed by atoms with Crippen molar-refractivity contribution < 1.29 is 9.90 Å². The van der Waals surface area contributed by atoms with Crippen LogP contribution in [-0.2, 0) is 7.05 Å². The molecular formula is C15H20N4O2. The number of rotatable bonds is 6. The Labute approximate surface area is 123 Å². The van der Waals surface area contributed by atoms with E-state index in [1.807, 2.05) is 36.1 Å². The molecule has 0 bridgehead atoms. The highest BCUT2D eigenvalue weighted by Crippen LogP contribution is 2.34. The number of hydrogen-bond donors (Lipinski definition) is 2. The van der Waals surface area contributed by atoms with Gasteiger partial charge in [0.1, 0.15) is 11.4 Å². The van der Waals surface area contributed by atoms with E-state index in [1.54, 1.807) is 10.9 Å². The molecule has 6 nitrogen and oxygen atoms in total. The van der Waals surface area contributed by atoms with E-state index in [9.17, 15) is 4.79 Å². The lowest BCUT2D eigenvalue weighted by atomic mass is 10.1. The lowest BCUT2D eigenvalue weighted by Gasteiger charge is -2.17. The van der Waals surface area contributed by atoms with Gasteiger partial charge in [0.15, 0.2) is 0 Å². The maximum atomic E-state index is 12.5. The molecule has 21 heavy (non-hydrogen) atoms. The average molecular weight is 288 g/mol. The summed E-state index contributed by atoms with van der Waals surface area (Å²) in [6.45, 7) is 0.0962. The van der Waals surface area contributed by atoms with Crippen molar-refractivity contribution in [2.45, 2.75) is 25.3 Å². The van der Waals surface area contributed by atoms with Crippen LogP contribution in [0.4, 0.5) is 0 Å². The first-order chi connectivity index (χ1) is 10.2. The minimum absolute atomic E-state index is 0.0558. The van der Waals surface area contributed by atoms with Gasteiger partial charge in [0, 0.05) is 32.1 Å². The number of aliphatic hydroxyl groups is 1. The van der Waals surface area contributed by atoms with Crippen molar-refractivity contribution in [2.24, 2.45) is 13.0 Å². The predicted molar refractivity (Wildman–Crippen MR) is 78.2 cm³/mol. The number of aliphatic hydroxyl groups excluding tert-OH is 1. The molecule has 1 saturated carbocycles. The molecule has 112 valence electrons. The van der Waals surface area contributed by atoms with E-state index >= 15 is 0 Å². The Bertz CT molecular complexity index is 614. The zero-order valence-electron chi connectivity index (χ0n) is 12.1. The molecule has 1 fully saturated rings. The highest BCUT2D eigenvalue weighted by Gasteiger charge is 2.32. The fraction of sp³-hybridized carbons (Fsp3) is 0.467. The van der Waals surface area contributed by atoms with Gasteiger partial charge in [-0.15, -0.1) is 0 Å². The van der Waals surface area contributed by atoms with Crippen LogP contribution in [0, 0.1) is 5.92 Å². The summed E-state index contributed by atoms with van der Waals surface area (Å²) >= 11 is 0. The Morgan fingerprint density at radius 2 is 2.19 bits per heavy atom. The maximum absolute atomic E-state index is 12.5. The van der Waals surface area contributed by atoms with Crippen LogP contribution >= 0.6 is 0 Å². The minimum atomic E-state index is -0.128. The van der Waals surface area contributed by atoms with Crippen LogP contribution in [0.2, 0.25) is 0 Å². The van der Waals surface area contributed by atoms with Crippen LogP contribution in [0.3, 0.4) is 0 Å². The van der Waals surface area contributed by atoms with Crippen LogP contribution in [0.1, 0.15) is 29.6 Å². The molecule has 0 aliphatic heterocycles. The van der Waals surface area contributed by atoms with Gasteiger partial charge < -0.3 is 15.0 Å². The molecule has 0 spiro atoms. The molecule has 1 aliphatic carbocycles. The second-order valence-electron chi connectivity index (χ2n) is 5.53. The topological polar surface area (TPSA) is 72.1 Å². The minimum Gasteiger partial charge on any atom is -0.396 e. The van der Waals surface area contributed by atoms with Crippen molar-refractivity contribution in [3.05, 3.63) is 36.3 Å². The second-order valence-corrected chi connectivity index (χ2v) is 5.53. The number of amides is 1. The summed E-state index contributed by atoms with van der Waals surface area (Å²) < 4.78 is 3.56. The van der Waals surface area contributed by atoms with Crippen LogP contribution < -0.4 is 5.32 Å². The zero-order chi connectivity index (χ0) is 14.8. The molecule has 3 rings (SSSR count). The van der Waals surface area contributed by atoms with Gasteiger partial charge in [-0.25, -0.2) is 0 Å². The molecule has 6 heteroatoms. The van der Waals surface area contributed by atoms with Crippen molar-refractivity contribution in [3.63, 3.8) is 0 Å². The van der Waals surface area contributed by atoms with E-state index in [4.69, 9.17) is 5.11 Å². The zero-order valence-corrected chi connectivity index (χ0v) is 12.1. The Hall–Kier alpha value is -2.08. The Morgan fingerprint density at radius 1 is 1.48 bits per heavy atom. The van der Waals surface area contributed by atoms with Gasteiger partial charge in [0.2, 0.25) is 0 Å². The molecule has 0 saturated heterocycles. The standard InChI is InChI=1S/C15H20N4O2/c1-18-15(19-7-2-3-8-19)12(10-16-18)14(21)17-13(6-9-20)11-4-5-11/h2-3,7-8,10-11,13,20H,4-6,9H2,1H3,(H,17,21). The first kappa shape index (κ1) is 13.9. The quantitative estimate of drug-likeness (QED) is 0.836. The molecule has 0 radical (unpaired) electrons. The number of nitrogens with one attached hydrogen (secondary N) is 1. The first-order valence-corrected chi connectivity index (χ1v) is 7.27. The lowest BCUT2D eigenvalue weighted by Crippen LogP contribution is -2.37. The van der Waals surface area contributed by atoms with Gasteiger partial charge in [-0.1, -0.05) is 0 Å². The summed E-state index contributed by atoms with van der Waals surface area (Å²) in [5.41, 5.74) is 0.553. The normalized spacial score (nSPS) is 15.9. The molecule has 2 aromatic heterocycles. The monoisotopic (exact) mass is 288 g/mol. The van der Waals surface area contributed by atoms with Gasteiger partial charge in [-0.3, -0.25) is 9.48 Å². The van der Waals surface area contributed by atoms with Crippen molar-refractivity contribution in [1.82, 2.24) is 19.7 Å². The number of nitrogens with zero attached hydrogens (tertiary/aromatic N) is 3. The van der Waals surface area contributed by atoms with E-state index in [-0.39, 0.29) is 18.6 Å². The third kappa shape index (κ3) is 2.85. The van der Waals surface area contributed by atoms with Crippen LogP contribution in [0.25, 0.3) is 5.82 Å². The summed E-state index contributed by atoms with van der Waals surface area (Å²) in [5, 5.41) is 16.4. The Kier molecular flexibility index (Phi) is 3.79. The largest absolute Gasteiger partial charge is 0.396 e. The molecule has 0 aromatic carbocycles. The summed E-state index contributed by atoms with van der Waals surface area (Å²) in [6.07, 6.45) is 8.23. The van der Waals surface area contributed by atoms with E-state index in [0.29, 0.717) is 17.9 Å². The third-order valence-electron chi connectivity index (χ3n) is 3.95. The van der Waals surface area contributed by atoms with Crippen LogP contribution in [0.15, 0.2) is 30.7 Å². The highest BCUT2D eigenvalue weighted by atomic mass is 16.3. The number of aromatic nitrogens is 3. The van der Waals surface area contributed by atoms with Gasteiger partial charge in [-0.05, 0) is 37.3 Å². The molecular weight excluding hydrogens is 268 g/mol. The van der Waals surface area contributed by atoms with Crippen LogP contribution in [-0.4, -0.2) is 38.0 Å². The van der Waals surface area contributed by atoms with Crippen molar-refractivity contribution >= 4 is 5.91 Å². The molecule has 2 aromatic rings. The predicted octanol–water partition coefficient (Wildman–Crippen LogP) is 1.10. The van der Waals surface area contributed by atoms with E-state index in [0.717, 1.165) is 18.7 Å². The number of carbonyl (C=O) groups excluding carboxylic acids is 1. The molecule has 1 atom stereocenters. The molecule has 1 amide bonds. The SMILES string of the molecule is Cn1ncc(C(=O)NC(CCO)C2CC2)c1-n1cccc1. The molecule has 2 heterocycles. The van der Waals surface area contributed by atoms with Crippen LogP contribution in [0.5, 0.6) is 0 Å². The maximum Gasteiger partial charge on any atom is 0.256 e. The van der Waals surface area contributed by atoms with E-state index < -0.39 is 0 Å². The van der Waals surface area contributed by atoms with E-state index in [2.05, 4.69) is 10.4 Å². The summed E-state index contributed by atoms with van der Waals surface area (Å²) in [5.74, 6) is 1.13. The summed E-state index contributed by atoms with van der Waals surface area (Å²) in [4.78, 5) is 12.5. The van der Waals surface area contributed by atoms with E-state index in [1.165, 1.54) is 0 Å². The average Bonchev–Trinajstić information content (AvgIpc) is 3.03. The molecule has 1 aliphatic rings. The number of carbonyl (C=O) groups is 1. The summed E-state index contributed by atoms with van der Waals surface area (Å²) in [6, 6.07) is 3.88. The fourth-order valence-corrected chi connectivity index (χ4v) is 2.68. The first-order valence-electron chi connectivity index (χ1n) is 7.27. The van der Waals surface area contributed by atoms with Gasteiger partial charge >= 0.3 is 0 Å². The smallest absolute Gasteiger partial charge is 0.256 e. The Balaban J connectivity index is 1.82. The van der Waals surface area contributed by atoms with Gasteiger partial charge in [0.05, 0.1) is 6.20 Å². The van der Waals surface area contributed by atoms with Crippen molar-refractivity contribution in [2.75, 3.05) is 6.61 Å². The lowest BCUT2D eigenvalue weighted by molar-refractivity contribution is 0.0924. The third-order valence-corrected chi connectivity index (χ3v) is 3.95. The van der Waals surface area contributed by atoms with Gasteiger partial charge in [-0.2, -0.15) is 5.10 Å². The number of aryl methyl sites for hydroxylation is 1. The second kappa shape index (κ2) is 5.73. The number of hydrogen-bond acceptors (Lipinski definition) is 3. The fourth-order valence-electron chi connectivity index (χ4n) is 2.68. The van der Waals surface area contributed by atoms with Crippen molar-refractivity contribution in [3.8, 4) is 5.82 Å². The molecule has 2 N–H and O–H groups in total. The van der Waals surface area contributed by atoms with Gasteiger partial charge in [0.25, 0.3) is 5.91 Å². The highest BCUT2D eigenvalue weighted by molar-refractivity contribution is 5.97. The molecule has 1 unspecified atom stereocenters.